The molecular formula is C20H21N3. The Morgan fingerprint density at radius 3 is 2.48 bits per heavy atom. The molecule has 1 fully saturated rings. The summed E-state index contributed by atoms with van der Waals surface area (Å²) in [6.45, 7) is 4.27. The van der Waals surface area contributed by atoms with Crippen LogP contribution in [-0.4, -0.2) is 23.1 Å². The Morgan fingerprint density at radius 2 is 1.70 bits per heavy atom. The van der Waals surface area contributed by atoms with Crippen molar-refractivity contribution in [3.8, 4) is 11.1 Å². The number of aromatic nitrogens is 2. The topological polar surface area (TPSA) is 29.0 Å². The zero-order valence-electron chi connectivity index (χ0n) is 13.5. The second-order valence-electron chi connectivity index (χ2n) is 6.31. The molecule has 3 aromatic rings. The fourth-order valence-electron chi connectivity index (χ4n) is 3.23. The van der Waals surface area contributed by atoms with E-state index in [1.54, 1.807) is 0 Å². The lowest BCUT2D eigenvalue weighted by Gasteiger charge is -2.27. The van der Waals surface area contributed by atoms with Gasteiger partial charge in [-0.05, 0) is 62.1 Å². The van der Waals surface area contributed by atoms with Gasteiger partial charge in [-0.1, -0.05) is 12.1 Å². The molecule has 3 nitrogen and oxygen atoms in total. The van der Waals surface area contributed by atoms with E-state index < -0.39 is 0 Å². The van der Waals surface area contributed by atoms with Crippen molar-refractivity contribution in [2.75, 3.05) is 18.0 Å². The van der Waals surface area contributed by atoms with Gasteiger partial charge in [0, 0.05) is 35.9 Å². The summed E-state index contributed by atoms with van der Waals surface area (Å²) >= 11 is 0. The SMILES string of the molecule is Cc1ccc(-c2ccc3nc(N4CCCCC4)ccc3c2)cn1. The van der Waals surface area contributed by atoms with Gasteiger partial charge >= 0.3 is 0 Å². The summed E-state index contributed by atoms with van der Waals surface area (Å²) < 4.78 is 0. The minimum atomic E-state index is 1.04. The predicted octanol–water partition coefficient (Wildman–Crippen LogP) is 4.60. The van der Waals surface area contributed by atoms with Crippen molar-refractivity contribution in [1.82, 2.24) is 9.97 Å². The van der Waals surface area contributed by atoms with E-state index in [1.807, 2.05) is 13.1 Å². The molecule has 1 aliphatic heterocycles. The summed E-state index contributed by atoms with van der Waals surface area (Å²) in [5, 5.41) is 1.18. The van der Waals surface area contributed by atoms with E-state index >= 15 is 0 Å². The van der Waals surface area contributed by atoms with E-state index in [9.17, 15) is 0 Å². The van der Waals surface area contributed by atoms with Gasteiger partial charge in [0.25, 0.3) is 0 Å². The molecule has 3 heterocycles. The summed E-state index contributed by atoms with van der Waals surface area (Å²) in [6, 6.07) is 15.0. The predicted molar refractivity (Wildman–Crippen MR) is 95.8 cm³/mol. The number of aryl methyl sites for hydroxylation is 1. The number of anilines is 1. The van der Waals surface area contributed by atoms with Gasteiger partial charge in [-0.2, -0.15) is 0 Å². The van der Waals surface area contributed by atoms with Crippen molar-refractivity contribution in [1.29, 1.82) is 0 Å². The van der Waals surface area contributed by atoms with Crippen molar-refractivity contribution in [2.45, 2.75) is 26.2 Å². The molecule has 1 saturated heterocycles. The highest BCUT2D eigenvalue weighted by Crippen LogP contribution is 2.26. The Labute approximate surface area is 137 Å². The zero-order valence-corrected chi connectivity index (χ0v) is 13.5. The van der Waals surface area contributed by atoms with Crippen molar-refractivity contribution >= 4 is 16.7 Å². The molecule has 1 aliphatic rings. The van der Waals surface area contributed by atoms with E-state index in [1.165, 1.54) is 30.2 Å². The highest BCUT2D eigenvalue weighted by atomic mass is 15.2. The number of hydrogen-bond acceptors (Lipinski definition) is 3. The molecule has 0 N–H and O–H groups in total. The fraction of sp³-hybridized carbons (Fsp3) is 0.300. The van der Waals surface area contributed by atoms with Crippen LogP contribution in [0.3, 0.4) is 0 Å². The monoisotopic (exact) mass is 303 g/mol. The highest BCUT2D eigenvalue weighted by Gasteiger charge is 2.12. The molecule has 2 aromatic heterocycles. The van der Waals surface area contributed by atoms with Crippen LogP contribution in [0.1, 0.15) is 25.0 Å². The van der Waals surface area contributed by atoms with Crippen LogP contribution in [0.5, 0.6) is 0 Å². The molecule has 0 amide bonds. The number of hydrogen-bond donors (Lipinski definition) is 0. The van der Waals surface area contributed by atoms with Gasteiger partial charge in [0.2, 0.25) is 0 Å². The van der Waals surface area contributed by atoms with Gasteiger partial charge in [-0.25, -0.2) is 4.98 Å². The molecular weight excluding hydrogens is 282 g/mol. The van der Waals surface area contributed by atoms with Crippen LogP contribution in [0.2, 0.25) is 0 Å². The van der Waals surface area contributed by atoms with Crippen LogP contribution >= 0.6 is 0 Å². The largest absolute Gasteiger partial charge is 0.357 e. The molecule has 1 aromatic carbocycles. The van der Waals surface area contributed by atoms with Crippen LogP contribution in [0.4, 0.5) is 5.82 Å². The quantitative estimate of drug-likeness (QED) is 0.693. The fourth-order valence-corrected chi connectivity index (χ4v) is 3.23. The average molecular weight is 303 g/mol. The maximum atomic E-state index is 4.86. The van der Waals surface area contributed by atoms with Gasteiger partial charge in [-0.15, -0.1) is 0 Å². The molecule has 3 heteroatoms. The van der Waals surface area contributed by atoms with E-state index in [4.69, 9.17) is 4.98 Å². The number of fused-ring (bicyclic) bond motifs is 1. The lowest BCUT2D eigenvalue weighted by atomic mass is 10.0. The highest BCUT2D eigenvalue weighted by molar-refractivity contribution is 5.85. The Morgan fingerprint density at radius 1 is 0.870 bits per heavy atom. The van der Waals surface area contributed by atoms with Crippen molar-refractivity contribution in [3.05, 3.63) is 54.4 Å². The third-order valence-corrected chi connectivity index (χ3v) is 4.60. The smallest absolute Gasteiger partial charge is 0.129 e. The van der Waals surface area contributed by atoms with Gasteiger partial charge in [0.05, 0.1) is 5.52 Å². The molecule has 0 saturated carbocycles. The summed E-state index contributed by atoms with van der Waals surface area (Å²) in [6.07, 6.45) is 5.84. The lowest BCUT2D eigenvalue weighted by molar-refractivity contribution is 0.574. The number of pyridine rings is 2. The minimum absolute atomic E-state index is 1.04. The van der Waals surface area contributed by atoms with E-state index in [0.717, 1.165) is 35.7 Å². The molecule has 0 spiro atoms. The molecule has 116 valence electrons. The van der Waals surface area contributed by atoms with E-state index in [2.05, 4.69) is 52.3 Å². The number of nitrogens with zero attached hydrogens (tertiary/aromatic N) is 3. The first-order valence-corrected chi connectivity index (χ1v) is 8.38. The van der Waals surface area contributed by atoms with E-state index in [-0.39, 0.29) is 0 Å². The average Bonchev–Trinajstić information content (AvgIpc) is 2.62. The first-order valence-electron chi connectivity index (χ1n) is 8.38. The van der Waals surface area contributed by atoms with Crippen molar-refractivity contribution in [2.24, 2.45) is 0 Å². The molecule has 0 atom stereocenters. The van der Waals surface area contributed by atoms with Crippen LogP contribution in [0.15, 0.2) is 48.7 Å². The van der Waals surface area contributed by atoms with Crippen molar-refractivity contribution in [3.63, 3.8) is 0 Å². The van der Waals surface area contributed by atoms with Crippen LogP contribution in [0, 0.1) is 6.92 Å². The summed E-state index contributed by atoms with van der Waals surface area (Å²) in [5.41, 5.74) is 4.45. The minimum Gasteiger partial charge on any atom is -0.357 e. The Balaban J connectivity index is 1.68. The Bertz CT molecular complexity index is 818. The molecule has 0 unspecified atom stereocenters. The molecule has 23 heavy (non-hydrogen) atoms. The normalized spacial score (nSPS) is 15.1. The third kappa shape index (κ3) is 2.91. The first kappa shape index (κ1) is 14.2. The van der Waals surface area contributed by atoms with Crippen LogP contribution in [-0.2, 0) is 0 Å². The van der Waals surface area contributed by atoms with Gasteiger partial charge < -0.3 is 4.90 Å². The van der Waals surface area contributed by atoms with Gasteiger partial charge in [0.1, 0.15) is 5.82 Å². The molecule has 0 aliphatic carbocycles. The summed E-state index contributed by atoms with van der Waals surface area (Å²) in [7, 11) is 0. The Kier molecular flexibility index (Phi) is 3.70. The van der Waals surface area contributed by atoms with Gasteiger partial charge in [-0.3, -0.25) is 4.98 Å². The molecule has 0 radical (unpaired) electrons. The maximum absolute atomic E-state index is 4.86. The van der Waals surface area contributed by atoms with Gasteiger partial charge in [0.15, 0.2) is 0 Å². The third-order valence-electron chi connectivity index (χ3n) is 4.60. The molecule has 4 rings (SSSR count). The van der Waals surface area contributed by atoms with E-state index in [0.29, 0.717) is 0 Å². The summed E-state index contributed by atoms with van der Waals surface area (Å²) in [5.74, 6) is 1.11. The number of piperidine rings is 1. The lowest BCUT2D eigenvalue weighted by Crippen LogP contribution is -2.30. The second kappa shape index (κ2) is 5.99. The number of benzene rings is 1. The standard InChI is InChI=1S/C20H21N3/c1-15-5-6-18(14-21-15)16-7-9-19-17(13-16)8-10-20(22-19)23-11-3-2-4-12-23/h5-10,13-14H,2-4,11-12H2,1H3. The summed E-state index contributed by atoms with van der Waals surface area (Å²) in [4.78, 5) is 11.7. The molecule has 0 bridgehead atoms. The Hall–Kier alpha value is -2.42. The second-order valence-corrected chi connectivity index (χ2v) is 6.31. The maximum Gasteiger partial charge on any atom is 0.129 e. The van der Waals surface area contributed by atoms with Crippen LogP contribution < -0.4 is 4.90 Å². The zero-order chi connectivity index (χ0) is 15.6. The van der Waals surface area contributed by atoms with Crippen molar-refractivity contribution < 1.29 is 0 Å². The first-order chi connectivity index (χ1) is 11.3. The number of rotatable bonds is 2. The van der Waals surface area contributed by atoms with Crippen LogP contribution in [0.25, 0.3) is 22.0 Å².